The minimum absolute atomic E-state index is 0.0342. The lowest BCUT2D eigenvalue weighted by atomic mass is 10.0. The van der Waals surface area contributed by atoms with Gasteiger partial charge in [-0.25, -0.2) is 4.57 Å². The van der Waals surface area contributed by atoms with Crippen molar-refractivity contribution in [3.63, 3.8) is 0 Å². The third kappa shape index (κ3) is 75.0. The van der Waals surface area contributed by atoms with Crippen molar-refractivity contribution in [2.24, 2.45) is 0 Å². The summed E-state index contributed by atoms with van der Waals surface area (Å²) in [6, 6.07) is 0. The van der Waals surface area contributed by atoms with Crippen LogP contribution in [-0.2, 0) is 32.7 Å². The molecule has 0 aromatic rings. The first-order chi connectivity index (χ1) is 44.0. The van der Waals surface area contributed by atoms with E-state index in [0.29, 0.717) is 23.9 Å². The van der Waals surface area contributed by atoms with Gasteiger partial charge in [-0.2, -0.15) is 0 Å². The van der Waals surface area contributed by atoms with Gasteiger partial charge in [0.15, 0.2) is 6.10 Å². The van der Waals surface area contributed by atoms with E-state index in [4.69, 9.17) is 18.5 Å². The second-order valence-electron chi connectivity index (χ2n) is 28.1. The number of phosphoric ester groups is 1. The maximum Gasteiger partial charge on any atom is 0.472 e. The van der Waals surface area contributed by atoms with Crippen LogP contribution in [0.1, 0.15) is 399 Å². The Hall–Kier alpha value is -2.03. The summed E-state index contributed by atoms with van der Waals surface area (Å²) < 4.78 is 34.8. The predicted octanol–water partition coefficient (Wildman–Crippen LogP) is 26.0. The van der Waals surface area contributed by atoms with E-state index in [9.17, 15) is 19.0 Å². The SMILES string of the molecule is CCCCCCC/C=C\C/C=C\CCCCCCCCCCCCCCCCCCCCCCCCCCCCCC(=O)OC(COC(=O)CCCCCCCCCCCCCCCCC/C=C\C/C=C\CCCCCCC)COP(=O)(O)OCC[N+](C)(C)C. The number of unbranched alkanes of at least 4 members (excludes halogenated alkanes) is 52. The fourth-order valence-electron chi connectivity index (χ4n) is 11.8. The normalized spacial score (nSPS) is 13.3. The summed E-state index contributed by atoms with van der Waals surface area (Å²) in [6.07, 6.45) is 94.0. The maximum atomic E-state index is 12.9. The van der Waals surface area contributed by atoms with E-state index in [1.54, 1.807) is 0 Å². The van der Waals surface area contributed by atoms with Gasteiger partial charge >= 0.3 is 19.8 Å². The van der Waals surface area contributed by atoms with Gasteiger partial charge in [0.1, 0.15) is 19.8 Å². The fraction of sp³-hybridized carbons (Fsp3) is 0.875. The summed E-state index contributed by atoms with van der Waals surface area (Å²) in [5.74, 6) is -0.775. The van der Waals surface area contributed by atoms with Gasteiger partial charge in [0, 0.05) is 12.8 Å². The molecule has 0 saturated heterocycles. The molecule has 0 saturated carbocycles. The van der Waals surface area contributed by atoms with Crippen molar-refractivity contribution in [3.8, 4) is 0 Å². The van der Waals surface area contributed by atoms with Crippen LogP contribution in [0.25, 0.3) is 0 Å². The molecular weight excluding hydrogens is 1130 g/mol. The largest absolute Gasteiger partial charge is 0.472 e. The average molecular weight is 1290 g/mol. The lowest BCUT2D eigenvalue weighted by Gasteiger charge is -2.24. The zero-order valence-corrected chi connectivity index (χ0v) is 61.5. The van der Waals surface area contributed by atoms with Crippen LogP contribution in [0.5, 0.6) is 0 Å². The Kier molecular flexibility index (Phi) is 69.7. The van der Waals surface area contributed by atoms with Crippen LogP contribution in [0, 0.1) is 0 Å². The van der Waals surface area contributed by atoms with Gasteiger partial charge in [0.25, 0.3) is 0 Å². The molecule has 0 aromatic heterocycles. The molecule has 530 valence electrons. The Morgan fingerprint density at radius 1 is 0.344 bits per heavy atom. The molecule has 0 rings (SSSR count). The van der Waals surface area contributed by atoms with Crippen LogP contribution in [0.15, 0.2) is 48.6 Å². The number of hydrogen-bond acceptors (Lipinski definition) is 7. The summed E-state index contributed by atoms with van der Waals surface area (Å²) >= 11 is 0. The topological polar surface area (TPSA) is 108 Å². The van der Waals surface area contributed by atoms with E-state index in [0.717, 1.165) is 44.9 Å². The molecule has 1 N–H and O–H groups in total. The molecule has 0 heterocycles. The molecule has 2 unspecified atom stereocenters. The minimum atomic E-state index is -4.39. The van der Waals surface area contributed by atoms with Crippen molar-refractivity contribution >= 4 is 19.8 Å². The lowest BCUT2D eigenvalue weighted by Crippen LogP contribution is -2.37. The molecule has 0 radical (unpaired) electrons. The first-order valence-electron chi connectivity index (χ1n) is 39.4. The Morgan fingerprint density at radius 2 is 0.600 bits per heavy atom. The molecule has 0 spiro atoms. The zero-order valence-electron chi connectivity index (χ0n) is 60.7. The van der Waals surface area contributed by atoms with Gasteiger partial charge in [-0.1, -0.05) is 358 Å². The Morgan fingerprint density at radius 3 is 0.878 bits per heavy atom. The minimum Gasteiger partial charge on any atom is -0.462 e. The first kappa shape index (κ1) is 88.0. The van der Waals surface area contributed by atoms with E-state index in [2.05, 4.69) is 62.5 Å². The molecule has 0 aliphatic carbocycles. The third-order valence-electron chi connectivity index (χ3n) is 17.8. The number of quaternary nitrogens is 1. The van der Waals surface area contributed by atoms with Gasteiger partial charge in [-0.3, -0.25) is 18.6 Å². The average Bonchev–Trinajstić information content (AvgIpc) is 3.58. The highest BCUT2D eigenvalue weighted by atomic mass is 31.2. The van der Waals surface area contributed by atoms with Crippen molar-refractivity contribution in [2.75, 3.05) is 47.5 Å². The van der Waals surface area contributed by atoms with E-state index in [1.807, 2.05) is 21.1 Å². The first-order valence-corrected chi connectivity index (χ1v) is 40.9. The van der Waals surface area contributed by atoms with Gasteiger partial charge in [0.05, 0.1) is 27.7 Å². The molecule has 0 bridgehead atoms. The standard InChI is InChI=1S/C80H152NO8P/c1-6-8-10-12-14-16-18-20-22-24-26-28-30-32-34-35-36-37-38-39-40-41-42-43-44-45-47-49-51-53-55-57-59-61-63-65-67-69-71-73-80(83)89-78(77-88-90(84,85)87-75-74-81(3,4)5)76-86-79(82)72-70-68-66-64-62-60-58-56-54-52-50-48-46-33-31-29-27-25-23-21-19-17-15-13-11-9-7-2/h18-21,24-27,78H,6-17,22-23,28-77H2,1-5H3/p+1/b20-18-,21-19-,26-24-,27-25-. The summed E-state index contributed by atoms with van der Waals surface area (Å²) in [7, 11) is 1.50. The zero-order chi connectivity index (χ0) is 65.5. The smallest absolute Gasteiger partial charge is 0.462 e. The van der Waals surface area contributed by atoms with Crippen molar-refractivity contribution in [2.45, 2.75) is 405 Å². The van der Waals surface area contributed by atoms with E-state index in [1.165, 1.54) is 321 Å². The van der Waals surface area contributed by atoms with Gasteiger partial charge in [-0.15, -0.1) is 0 Å². The number of phosphoric acid groups is 1. The van der Waals surface area contributed by atoms with E-state index < -0.39 is 26.5 Å². The number of allylic oxidation sites excluding steroid dienone is 8. The molecule has 90 heavy (non-hydrogen) atoms. The number of carbonyl (C=O) groups is 2. The van der Waals surface area contributed by atoms with Crippen LogP contribution >= 0.6 is 7.82 Å². The van der Waals surface area contributed by atoms with E-state index in [-0.39, 0.29) is 25.6 Å². The molecule has 0 fully saturated rings. The van der Waals surface area contributed by atoms with Crippen molar-refractivity contribution in [3.05, 3.63) is 48.6 Å². The predicted molar refractivity (Wildman–Crippen MR) is 390 cm³/mol. The van der Waals surface area contributed by atoms with Crippen LogP contribution < -0.4 is 0 Å². The highest BCUT2D eigenvalue weighted by molar-refractivity contribution is 7.47. The highest BCUT2D eigenvalue weighted by Gasteiger charge is 2.27. The third-order valence-corrected chi connectivity index (χ3v) is 18.8. The van der Waals surface area contributed by atoms with Crippen molar-refractivity contribution in [1.82, 2.24) is 0 Å². The summed E-state index contributed by atoms with van der Waals surface area (Å²) in [5.41, 5.74) is 0. The van der Waals surface area contributed by atoms with Gasteiger partial charge < -0.3 is 18.9 Å². The Bertz CT molecular complexity index is 1660. The molecular formula is C80H153NO8P+. The monoisotopic (exact) mass is 1290 g/mol. The molecule has 9 nitrogen and oxygen atoms in total. The highest BCUT2D eigenvalue weighted by Crippen LogP contribution is 2.43. The number of carbonyl (C=O) groups excluding carboxylic acids is 2. The van der Waals surface area contributed by atoms with Gasteiger partial charge in [-0.05, 0) is 77.0 Å². The second kappa shape index (κ2) is 71.3. The van der Waals surface area contributed by atoms with Crippen LogP contribution in [0.3, 0.4) is 0 Å². The maximum absolute atomic E-state index is 12.9. The Balaban J connectivity index is 3.90. The molecule has 0 amide bonds. The molecule has 0 aliphatic rings. The number of esters is 2. The summed E-state index contributed by atoms with van der Waals surface area (Å²) in [5, 5.41) is 0. The van der Waals surface area contributed by atoms with Crippen molar-refractivity contribution < 1.29 is 42.1 Å². The number of ether oxygens (including phenoxy) is 2. The van der Waals surface area contributed by atoms with Crippen LogP contribution in [0.4, 0.5) is 0 Å². The number of hydrogen-bond donors (Lipinski definition) is 1. The summed E-state index contributed by atoms with van der Waals surface area (Å²) in [6.45, 7) is 4.48. The van der Waals surface area contributed by atoms with E-state index >= 15 is 0 Å². The number of nitrogens with zero attached hydrogens (tertiary/aromatic N) is 1. The molecule has 2 atom stereocenters. The van der Waals surface area contributed by atoms with Gasteiger partial charge in [0.2, 0.25) is 0 Å². The summed E-state index contributed by atoms with van der Waals surface area (Å²) in [4.78, 5) is 36.0. The molecule has 10 heteroatoms. The number of likely N-dealkylation sites (N-methyl/N-ethyl adjacent to an activating group) is 1. The van der Waals surface area contributed by atoms with Crippen molar-refractivity contribution in [1.29, 1.82) is 0 Å². The lowest BCUT2D eigenvalue weighted by molar-refractivity contribution is -0.870. The molecule has 0 aromatic carbocycles. The van der Waals surface area contributed by atoms with Crippen LogP contribution in [0.2, 0.25) is 0 Å². The number of rotatable bonds is 74. The quantitative estimate of drug-likeness (QED) is 0.0211. The fourth-order valence-corrected chi connectivity index (χ4v) is 12.5. The Labute approximate surface area is 560 Å². The second-order valence-corrected chi connectivity index (χ2v) is 29.5. The molecule has 0 aliphatic heterocycles. The van der Waals surface area contributed by atoms with Crippen LogP contribution in [-0.4, -0.2) is 74.9 Å².